The lowest BCUT2D eigenvalue weighted by atomic mass is 10.0. The predicted molar refractivity (Wildman–Crippen MR) is 82.9 cm³/mol. The number of halogens is 4. The van der Waals surface area contributed by atoms with Gasteiger partial charge in [0.15, 0.2) is 0 Å². The minimum Gasteiger partial charge on any atom is -0.497 e. The molecular weight excluding hydrogens is 398 g/mol. The van der Waals surface area contributed by atoms with Crippen LogP contribution in [0, 0.1) is 5.82 Å². The zero-order chi connectivity index (χ0) is 14.0. The van der Waals surface area contributed by atoms with Gasteiger partial charge < -0.3 is 4.74 Å². The van der Waals surface area contributed by atoms with Crippen molar-refractivity contribution in [1.82, 2.24) is 0 Å². The summed E-state index contributed by atoms with van der Waals surface area (Å²) in [6, 6.07) is 10.5. The Labute approximate surface area is 133 Å². The summed E-state index contributed by atoms with van der Waals surface area (Å²) in [6.45, 7) is 0. The Balaban J connectivity index is 2.44. The Hall–Kier alpha value is -0.580. The van der Waals surface area contributed by atoms with Gasteiger partial charge in [-0.25, -0.2) is 4.39 Å². The van der Waals surface area contributed by atoms with E-state index in [1.54, 1.807) is 37.4 Å². The number of benzene rings is 2. The van der Waals surface area contributed by atoms with Crippen molar-refractivity contribution in [2.75, 3.05) is 7.11 Å². The number of rotatable bonds is 3. The standard InChI is InChI=1S/C14H10Br2ClFO/c1-19-8-5-6-9(12(17)7-8)13(16)10-3-2-4-11(15)14(10)18/h2-7,13H,1H3. The molecule has 0 aliphatic heterocycles. The maximum atomic E-state index is 14.1. The Morgan fingerprint density at radius 3 is 2.58 bits per heavy atom. The molecule has 0 saturated heterocycles. The average Bonchev–Trinajstić information content (AvgIpc) is 2.41. The molecule has 0 fully saturated rings. The molecule has 0 spiro atoms. The molecule has 0 aliphatic carbocycles. The van der Waals surface area contributed by atoms with Gasteiger partial charge in [-0.2, -0.15) is 0 Å². The van der Waals surface area contributed by atoms with E-state index in [-0.39, 0.29) is 10.6 Å². The topological polar surface area (TPSA) is 9.23 Å². The lowest BCUT2D eigenvalue weighted by molar-refractivity contribution is 0.414. The number of ether oxygens (including phenoxy) is 1. The number of hydrogen-bond donors (Lipinski definition) is 0. The fourth-order valence-corrected chi connectivity index (χ4v) is 3.27. The third-order valence-corrected chi connectivity index (χ3v) is 4.66. The van der Waals surface area contributed by atoms with Gasteiger partial charge in [0.2, 0.25) is 0 Å². The van der Waals surface area contributed by atoms with Crippen molar-refractivity contribution in [2.24, 2.45) is 0 Å². The molecular formula is C14H10Br2ClFO. The first-order valence-electron chi connectivity index (χ1n) is 5.46. The Morgan fingerprint density at radius 2 is 1.95 bits per heavy atom. The Morgan fingerprint density at radius 1 is 1.21 bits per heavy atom. The van der Waals surface area contributed by atoms with E-state index in [1.807, 2.05) is 6.07 Å². The van der Waals surface area contributed by atoms with Crippen LogP contribution in [0.5, 0.6) is 5.75 Å². The van der Waals surface area contributed by atoms with E-state index in [0.717, 1.165) is 5.56 Å². The summed E-state index contributed by atoms with van der Waals surface area (Å²) in [4.78, 5) is -0.316. The van der Waals surface area contributed by atoms with Crippen molar-refractivity contribution < 1.29 is 9.13 Å². The molecule has 0 heterocycles. The fraction of sp³-hybridized carbons (Fsp3) is 0.143. The second-order valence-electron chi connectivity index (χ2n) is 3.89. The quantitative estimate of drug-likeness (QED) is 0.589. The molecule has 1 atom stereocenters. The summed E-state index contributed by atoms with van der Waals surface area (Å²) in [5.74, 6) is 0.374. The van der Waals surface area contributed by atoms with E-state index in [1.165, 1.54) is 0 Å². The number of alkyl halides is 1. The van der Waals surface area contributed by atoms with E-state index in [9.17, 15) is 4.39 Å². The highest BCUT2D eigenvalue weighted by Gasteiger charge is 2.19. The zero-order valence-electron chi connectivity index (χ0n) is 9.96. The summed E-state index contributed by atoms with van der Waals surface area (Å²) in [7, 11) is 1.57. The molecule has 0 bridgehead atoms. The zero-order valence-corrected chi connectivity index (χ0v) is 13.9. The first-order chi connectivity index (χ1) is 9.04. The van der Waals surface area contributed by atoms with Crippen molar-refractivity contribution in [1.29, 1.82) is 0 Å². The van der Waals surface area contributed by atoms with Crippen LogP contribution in [0.2, 0.25) is 5.02 Å². The molecule has 100 valence electrons. The van der Waals surface area contributed by atoms with E-state index < -0.39 is 0 Å². The van der Waals surface area contributed by atoms with Gasteiger partial charge in [0.05, 0.1) is 16.4 Å². The van der Waals surface area contributed by atoms with E-state index in [2.05, 4.69) is 31.9 Å². The fourth-order valence-electron chi connectivity index (χ4n) is 1.72. The molecule has 0 radical (unpaired) electrons. The van der Waals surface area contributed by atoms with Crippen LogP contribution in [0.25, 0.3) is 0 Å². The SMILES string of the molecule is COc1ccc(C(Br)c2cccc(Br)c2F)c(Cl)c1. The minimum absolute atomic E-state index is 0.295. The third kappa shape index (κ3) is 3.12. The van der Waals surface area contributed by atoms with Crippen LogP contribution in [-0.4, -0.2) is 7.11 Å². The lowest BCUT2D eigenvalue weighted by Crippen LogP contribution is -1.98. The number of methoxy groups -OCH3 is 1. The molecule has 0 amide bonds. The smallest absolute Gasteiger partial charge is 0.142 e. The highest BCUT2D eigenvalue weighted by Crippen LogP contribution is 2.39. The van der Waals surface area contributed by atoms with Crippen molar-refractivity contribution in [3.63, 3.8) is 0 Å². The number of hydrogen-bond acceptors (Lipinski definition) is 1. The van der Waals surface area contributed by atoms with Gasteiger partial charge in [0, 0.05) is 10.6 Å². The minimum atomic E-state index is -0.316. The molecule has 0 aliphatic rings. The predicted octanol–water partition coefficient (Wildman–Crippen LogP) is 5.73. The monoisotopic (exact) mass is 406 g/mol. The largest absolute Gasteiger partial charge is 0.497 e. The summed E-state index contributed by atoms with van der Waals surface area (Å²) >= 11 is 12.9. The Kier molecular flexibility index (Phi) is 4.87. The van der Waals surface area contributed by atoms with Gasteiger partial charge in [-0.15, -0.1) is 0 Å². The molecule has 2 rings (SSSR count). The summed E-state index contributed by atoms with van der Waals surface area (Å²) in [5.41, 5.74) is 1.32. The van der Waals surface area contributed by atoms with Crippen LogP contribution >= 0.6 is 43.5 Å². The van der Waals surface area contributed by atoms with Crippen LogP contribution in [-0.2, 0) is 0 Å². The molecule has 1 nitrogen and oxygen atoms in total. The second kappa shape index (κ2) is 6.25. The summed E-state index contributed by atoms with van der Waals surface area (Å²) in [5, 5.41) is 0.528. The maximum Gasteiger partial charge on any atom is 0.142 e. The molecule has 2 aromatic rings. The van der Waals surface area contributed by atoms with Crippen LogP contribution < -0.4 is 4.74 Å². The van der Waals surface area contributed by atoms with Gasteiger partial charge >= 0.3 is 0 Å². The van der Waals surface area contributed by atoms with Crippen molar-refractivity contribution in [3.05, 3.63) is 62.8 Å². The van der Waals surface area contributed by atoms with E-state index >= 15 is 0 Å². The van der Waals surface area contributed by atoms with E-state index in [4.69, 9.17) is 16.3 Å². The van der Waals surface area contributed by atoms with Gasteiger partial charge in [-0.05, 0) is 39.7 Å². The van der Waals surface area contributed by atoms with Crippen molar-refractivity contribution in [2.45, 2.75) is 4.83 Å². The Bertz CT molecular complexity index is 604. The second-order valence-corrected chi connectivity index (χ2v) is 6.07. The molecule has 1 unspecified atom stereocenters. The molecule has 0 saturated carbocycles. The van der Waals surface area contributed by atoms with Crippen LogP contribution in [0.3, 0.4) is 0 Å². The van der Waals surface area contributed by atoms with E-state index in [0.29, 0.717) is 20.8 Å². The van der Waals surface area contributed by atoms with Gasteiger partial charge in [-0.3, -0.25) is 0 Å². The first kappa shape index (κ1) is 14.8. The van der Waals surface area contributed by atoms with Gasteiger partial charge in [-0.1, -0.05) is 45.7 Å². The molecule has 2 aromatic carbocycles. The molecule has 0 N–H and O–H groups in total. The van der Waals surface area contributed by atoms with Crippen molar-refractivity contribution >= 4 is 43.5 Å². The third-order valence-electron chi connectivity index (χ3n) is 2.74. The molecule has 19 heavy (non-hydrogen) atoms. The molecule has 0 aromatic heterocycles. The first-order valence-corrected chi connectivity index (χ1v) is 7.54. The molecule has 5 heteroatoms. The van der Waals surface area contributed by atoms with Crippen LogP contribution in [0.1, 0.15) is 16.0 Å². The lowest BCUT2D eigenvalue weighted by Gasteiger charge is -2.14. The van der Waals surface area contributed by atoms with Crippen molar-refractivity contribution in [3.8, 4) is 5.75 Å². The summed E-state index contributed by atoms with van der Waals surface area (Å²) in [6.07, 6.45) is 0. The van der Waals surface area contributed by atoms with Crippen LogP contribution in [0.15, 0.2) is 40.9 Å². The summed E-state index contributed by atoms with van der Waals surface area (Å²) < 4.78 is 19.6. The normalized spacial score (nSPS) is 12.3. The maximum absolute atomic E-state index is 14.1. The van der Waals surface area contributed by atoms with Gasteiger partial charge in [0.25, 0.3) is 0 Å². The van der Waals surface area contributed by atoms with Gasteiger partial charge in [0.1, 0.15) is 11.6 Å². The highest BCUT2D eigenvalue weighted by molar-refractivity contribution is 9.10. The average molecular weight is 408 g/mol. The van der Waals surface area contributed by atoms with Crippen LogP contribution in [0.4, 0.5) is 4.39 Å². The highest BCUT2D eigenvalue weighted by atomic mass is 79.9.